The number of carbonyl (C=O) groups excluding carboxylic acids is 2. The fourth-order valence-corrected chi connectivity index (χ4v) is 3.87. The molecule has 1 atom stereocenters. The van der Waals surface area contributed by atoms with Crippen LogP contribution in [0.3, 0.4) is 0 Å². The van der Waals surface area contributed by atoms with Crippen molar-refractivity contribution in [3.8, 4) is 0 Å². The van der Waals surface area contributed by atoms with Crippen molar-refractivity contribution in [2.75, 3.05) is 26.2 Å². The van der Waals surface area contributed by atoms with Crippen LogP contribution < -0.4 is 5.32 Å². The molecule has 27 heavy (non-hydrogen) atoms. The molecule has 1 N–H and O–H groups in total. The van der Waals surface area contributed by atoms with E-state index in [1.807, 2.05) is 11.8 Å². The Bertz CT molecular complexity index is 645. The van der Waals surface area contributed by atoms with Crippen LogP contribution in [0.4, 0.5) is 0 Å². The molecule has 1 aromatic rings. The average Bonchev–Trinajstić information content (AvgIpc) is 3.17. The van der Waals surface area contributed by atoms with Crippen molar-refractivity contribution in [1.29, 1.82) is 0 Å². The van der Waals surface area contributed by atoms with Crippen LogP contribution in [-0.4, -0.2) is 59.0 Å². The van der Waals surface area contributed by atoms with Crippen LogP contribution in [0.15, 0.2) is 6.07 Å². The van der Waals surface area contributed by atoms with Crippen LogP contribution in [-0.2, 0) is 9.53 Å². The summed E-state index contributed by atoms with van der Waals surface area (Å²) >= 11 is 0. The van der Waals surface area contributed by atoms with Crippen LogP contribution in [0.5, 0.6) is 0 Å². The monoisotopic (exact) mass is 374 g/mol. The Morgan fingerprint density at radius 1 is 1.22 bits per heavy atom. The molecule has 2 saturated heterocycles. The predicted molar refractivity (Wildman–Crippen MR) is 101 cm³/mol. The smallest absolute Gasteiger partial charge is 0.272 e. The minimum atomic E-state index is -0.0173. The van der Waals surface area contributed by atoms with Gasteiger partial charge in [-0.05, 0) is 57.9 Å². The third kappa shape index (κ3) is 5.73. The molecule has 3 rings (SSSR count). The minimum Gasteiger partial charge on any atom is -0.376 e. The van der Waals surface area contributed by atoms with E-state index in [1.165, 1.54) is 0 Å². The van der Waals surface area contributed by atoms with Gasteiger partial charge in [0.05, 0.1) is 6.10 Å². The average molecular weight is 374 g/mol. The van der Waals surface area contributed by atoms with Gasteiger partial charge in [-0.3, -0.25) is 9.59 Å². The summed E-state index contributed by atoms with van der Waals surface area (Å²) in [7, 11) is 0. The lowest BCUT2D eigenvalue weighted by atomic mass is 9.92. The maximum absolute atomic E-state index is 12.6. The predicted octanol–water partition coefficient (Wildman–Crippen LogP) is 2.02. The maximum atomic E-state index is 12.6. The highest BCUT2D eigenvalue weighted by molar-refractivity contribution is 5.92. The number of aryl methyl sites for hydroxylation is 2. The van der Waals surface area contributed by atoms with Crippen molar-refractivity contribution in [2.24, 2.45) is 5.92 Å². The molecule has 0 spiro atoms. The van der Waals surface area contributed by atoms with E-state index in [9.17, 15) is 9.59 Å². The molecule has 2 fully saturated rings. The van der Waals surface area contributed by atoms with E-state index in [0.29, 0.717) is 30.4 Å². The Balaban J connectivity index is 1.38. The first-order valence-corrected chi connectivity index (χ1v) is 10.0. The molecule has 1 aromatic heterocycles. The molecule has 2 amide bonds. The highest BCUT2D eigenvalue weighted by Crippen LogP contribution is 2.23. The highest BCUT2D eigenvalue weighted by Gasteiger charge is 2.25. The maximum Gasteiger partial charge on any atom is 0.272 e. The summed E-state index contributed by atoms with van der Waals surface area (Å²) < 4.78 is 5.52. The van der Waals surface area contributed by atoms with Crippen molar-refractivity contribution < 1.29 is 14.3 Å². The first kappa shape index (κ1) is 19.7. The van der Waals surface area contributed by atoms with Crippen LogP contribution in [0.2, 0.25) is 0 Å². The number of aromatic nitrogens is 2. The number of rotatable bonds is 6. The van der Waals surface area contributed by atoms with Gasteiger partial charge in [0.2, 0.25) is 5.91 Å². The number of nitrogens with one attached hydrogen (secondary N) is 1. The molecular formula is C20H30N4O3. The fraction of sp³-hybridized carbons (Fsp3) is 0.700. The summed E-state index contributed by atoms with van der Waals surface area (Å²) in [6.45, 7) is 6.57. The highest BCUT2D eigenvalue weighted by atomic mass is 16.5. The zero-order valence-corrected chi connectivity index (χ0v) is 16.4. The summed E-state index contributed by atoms with van der Waals surface area (Å²) in [5.74, 6) is 1.21. The number of amides is 2. The second-order valence-electron chi connectivity index (χ2n) is 7.66. The van der Waals surface area contributed by atoms with Crippen LogP contribution in [0, 0.1) is 19.8 Å². The molecule has 0 aromatic carbocycles. The number of hydrogen-bond donors (Lipinski definition) is 1. The second kappa shape index (κ2) is 9.26. The Labute approximate surface area is 160 Å². The van der Waals surface area contributed by atoms with Gasteiger partial charge in [0.25, 0.3) is 5.91 Å². The molecule has 0 saturated carbocycles. The molecule has 0 aliphatic carbocycles. The van der Waals surface area contributed by atoms with E-state index in [-0.39, 0.29) is 17.9 Å². The SMILES string of the molecule is Cc1cc(C(=O)N2CCC(CCC(=O)NC[C@H]3CCCO3)CC2)nc(C)n1. The lowest BCUT2D eigenvalue weighted by molar-refractivity contribution is -0.122. The Hall–Kier alpha value is -2.02. The van der Waals surface area contributed by atoms with E-state index in [0.717, 1.165) is 57.5 Å². The standard InChI is InChI=1S/C20H30N4O3/c1-14-12-18(23-15(2)22-14)20(26)24-9-7-16(8-10-24)5-6-19(25)21-13-17-4-3-11-27-17/h12,16-17H,3-11,13H2,1-2H3,(H,21,25)/t17-/m1/s1. The van der Waals surface area contributed by atoms with Gasteiger partial charge in [-0.25, -0.2) is 9.97 Å². The van der Waals surface area contributed by atoms with Gasteiger partial charge >= 0.3 is 0 Å². The van der Waals surface area contributed by atoms with Crippen molar-refractivity contribution in [2.45, 2.75) is 58.5 Å². The summed E-state index contributed by atoms with van der Waals surface area (Å²) in [6.07, 6.45) is 5.63. The third-order valence-electron chi connectivity index (χ3n) is 5.42. The van der Waals surface area contributed by atoms with Gasteiger partial charge < -0.3 is 15.0 Å². The number of carbonyl (C=O) groups is 2. The molecule has 0 radical (unpaired) electrons. The molecule has 0 bridgehead atoms. The van der Waals surface area contributed by atoms with Crippen molar-refractivity contribution in [3.63, 3.8) is 0 Å². The van der Waals surface area contributed by atoms with Gasteiger partial charge in [-0.1, -0.05) is 0 Å². The van der Waals surface area contributed by atoms with Gasteiger partial charge in [0.1, 0.15) is 11.5 Å². The molecule has 3 heterocycles. The first-order valence-electron chi connectivity index (χ1n) is 10.0. The lowest BCUT2D eigenvalue weighted by Gasteiger charge is -2.31. The molecule has 0 unspecified atom stereocenters. The molecular weight excluding hydrogens is 344 g/mol. The first-order chi connectivity index (χ1) is 13.0. The quantitative estimate of drug-likeness (QED) is 0.823. The number of ether oxygens (including phenoxy) is 1. The number of hydrogen-bond acceptors (Lipinski definition) is 5. The lowest BCUT2D eigenvalue weighted by Crippen LogP contribution is -2.39. The third-order valence-corrected chi connectivity index (χ3v) is 5.42. The van der Waals surface area contributed by atoms with Gasteiger partial charge in [0, 0.05) is 38.4 Å². The molecule has 7 heteroatoms. The number of likely N-dealkylation sites (tertiary alicyclic amines) is 1. The van der Waals surface area contributed by atoms with Gasteiger partial charge in [-0.15, -0.1) is 0 Å². The van der Waals surface area contributed by atoms with Gasteiger partial charge in [-0.2, -0.15) is 0 Å². The van der Waals surface area contributed by atoms with Crippen molar-refractivity contribution in [1.82, 2.24) is 20.2 Å². The summed E-state index contributed by atoms with van der Waals surface area (Å²) in [4.78, 5) is 35.0. The van der Waals surface area contributed by atoms with Crippen LogP contribution >= 0.6 is 0 Å². The van der Waals surface area contributed by atoms with Gasteiger partial charge in [0.15, 0.2) is 0 Å². The molecule has 7 nitrogen and oxygen atoms in total. The fourth-order valence-electron chi connectivity index (χ4n) is 3.87. The normalized spacial score (nSPS) is 20.7. The Morgan fingerprint density at radius 3 is 2.67 bits per heavy atom. The molecule has 148 valence electrons. The van der Waals surface area contributed by atoms with E-state index in [4.69, 9.17) is 4.74 Å². The van der Waals surface area contributed by atoms with E-state index in [1.54, 1.807) is 13.0 Å². The largest absolute Gasteiger partial charge is 0.376 e. The summed E-state index contributed by atoms with van der Waals surface area (Å²) in [6, 6.07) is 1.75. The van der Waals surface area contributed by atoms with Crippen LogP contribution in [0.1, 0.15) is 60.5 Å². The topological polar surface area (TPSA) is 84.4 Å². The van der Waals surface area contributed by atoms with Crippen molar-refractivity contribution >= 4 is 11.8 Å². The van der Waals surface area contributed by atoms with Crippen LogP contribution in [0.25, 0.3) is 0 Å². The summed E-state index contributed by atoms with van der Waals surface area (Å²) in [5, 5.41) is 2.98. The van der Waals surface area contributed by atoms with E-state index in [2.05, 4.69) is 15.3 Å². The summed E-state index contributed by atoms with van der Waals surface area (Å²) in [5.41, 5.74) is 1.29. The number of nitrogens with zero attached hydrogens (tertiary/aromatic N) is 3. The number of piperidine rings is 1. The molecule has 2 aliphatic heterocycles. The van der Waals surface area contributed by atoms with Crippen molar-refractivity contribution in [3.05, 3.63) is 23.3 Å². The minimum absolute atomic E-state index is 0.0173. The van der Waals surface area contributed by atoms with E-state index < -0.39 is 0 Å². The zero-order valence-electron chi connectivity index (χ0n) is 16.4. The Kier molecular flexibility index (Phi) is 6.77. The van der Waals surface area contributed by atoms with E-state index >= 15 is 0 Å². The Morgan fingerprint density at radius 2 is 2.00 bits per heavy atom. The zero-order chi connectivity index (χ0) is 19.2. The second-order valence-corrected chi connectivity index (χ2v) is 7.66. The molecule has 2 aliphatic rings.